The van der Waals surface area contributed by atoms with Crippen LogP contribution in [0.15, 0.2) is 0 Å². The highest BCUT2D eigenvalue weighted by molar-refractivity contribution is 7.90. The van der Waals surface area contributed by atoms with Gasteiger partial charge in [0.1, 0.15) is 9.84 Å². The first-order chi connectivity index (χ1) is 6.66. The lowest BCUT2D eigenvalue weighted by Crippen LogP contribution is -2.48. The molecule has 0 radical (unpaired) electrons. The number of aliphatic hydroxyl groups is 1. The minimum atomic E-state index is -2.97. The van der Waals surface area contributed by atoms with Crippen molar-refractivity contribution in [3.8, 4) is 0 Å². The summed E-state index contributed by atoms with van der Waals surface area (Å²) in [5, 5.41) is 10.5. The van der Waals surface area contributed by atoms with Crippen LogP contribution in [0.2, 0.25) is 0 Å². The Morgan fingerprint density at radius 3 is 2.20 bits per heavy atom. The van der Waals surface area contributed by atoms with Gasteiger partial charge in [-0.2, -0.15) is 0 Å². The molecule has 1 rings (SSSR count). The Morgan fingerprint density at radius 1 is 1.20 bits per heavy atom. The third-order valence-corrected chi connectivity index (χ3v) is 4.73. The Bertz CT molecular complexity index is 319. The van der Waals surface area contributed by atoms with Gasteiger partial charge in [0.05, 0.1) is 11.4 Å². The van der Waals surface area contributed by atoms with Gasteiger partial charge in [0.25, 0.3) is 0 Å². The van der Waals surface area contributed by atoms with Crippen molar-refractivity contribution in [2.45, 2.75) is 51.6 Å². The van der Waals surface area contributed by atoms with Crippen LogP contribution in [-0.2, 0) is 9.84 Å². The second-order valence-electron chi connectivity index (χ2n) is 5.50. The lowest BCUT2D eigenvalue weighted by atomic mass is 9.64. The summed E-state index contributed by atoms with van der Waals surface area (Å²) in [6, 6.07) is 0. The first kappa shape index (κ1) is 13.0. The lowest BCUT2D eigenvalue weighted by Gasteiger charge is -2.46. The summed E-state index contributed by atoms with van der Waals surface area (Å²) in [5.41, 5.74) is -0.954. The van der Waals surface area contributed by atoms with Crippen LogP contribution in [0.4, 0.5) is 0 Å². The number of sulfone groups is 1. The van der Waals surface area contributed by atoms with Crippen LogP contribution in [0.1, 0.15) is 46.0 Å². The first-order valence-electron chi connectivity index (χ1n) is 5.56. The molecule has 1 N–H and O–H groups in total. The van der Waals surface area contributed by atoms with E-state index in [1.54, 1.807) is 0 Å². The zero-order chi connectivity index (χ0) is 11.7. The average Bonchev–Trinajstić information content (AvgIpc) is 2.06. The molecular formula is C11H22O3S. The van der Waals surface area contributed by atoms with E-state index in [1.165, 1.54) is 6.26 Å². The summed E-state index contributed by atoms with van der Waals surface area (Å²) >= 11 is 0. The second kappa shape index (κ2) is 4.06. The fourth-order valence-corrected chi connectivity index (χ4v) is 3.08. The fraction of sp³-hybridized carbons (Fsp3) is 1.00. The van der Waals surface area contributed by atoms with Crippen LogP contribution >= 0.6 is 0 Å². The van der Waals surface area contributed by atoms with Gasteiger partial charge in [-0.25, -0.2) is 8.42 Å². The number of rotatable bonds is 3. The molecule has 0 aromatic heterocycles. The summed E-state index contributed by atoms with van der Waals surface area (Å²) in [6.45, 7) is 4.07. The van der Waals surface area contributed by atoms with Crippen molar-refractivity contribution in [2.24, 2.45) is 5.41 Å². The predicted octanol–water partition coefficient (Wildman–Crippen LogP) is 1.75. The molecule has 3 nitrogen and oxygen atoms in total. The normalized spacial score (nSPS) is 31.5. The molecule has 0 aromatic carbocycles. The van der Waals surface area contributed by atoms with Gasteiger partial charge in [-0.05, 0) is 24.7 Å². The molecule has 0 heterocycles. The van der Waals surface area contributed by atoms with Crippen molar-refractivity contribution in [2.75, 3.05) is 12.0 Å². The molecule has 1 atom stereocenters. The fourth-order valence-electron chi connectivity index (χ4n) is 2.37. The molecule has 1 fully saturated rings. The molecule has 90 valence electrons. The molecule has 4 heteroatoms. The van der Waals surface area contributed by atoms with E-state index < -0.39 is 15.4 Å². The Hall–Kier alpha value is -0.0900. The van der Waals surface area contributed by atoms with E-state index in [4.69, 9.17) is 0 Å². The van der Waals surface area contributed by atoms with E-state index >= 15 is 0 Å². The molecule has 15 heavy (non-hydrogen) atoms. The van der Waals surface area contributed by atoms with Crippen LogP contribution in [0.5, 0.6) is 0 Å². The molecule has 1 saturated carbocycles. The highest BCUT2D eigenvalue weighted by Gasteiger charge is 2.44. The molecule has 0 spiro atoms. The van der Waals surface area contributed by atoms with Gasteiger partial charge in [-0.3, -0.25) is 0 Å². The average molecular weight is 234 g/mol. The van der Waals surface area contributed by atoms with E-state index in [2.05, 4.69) is 0 Å². The van der Waals surface area contributed by atoms with E-state index in [0.717, 1.165) is 25.7 Å². The minimum absolute atomic E-state index is 0.0902. The quantitative estimate of drug-likeness (QED) is 0.809. The monoisotopic (exact) mass is 234 g/mol. The Kier molecular flexibility index (Phi) is 3.51. The molecule has 0 aliphatic heterocycles. The maximum atomic E-state index is 11.1. The largest absolute Gasteiger partial charge is 0.389 e. The van der Waals surface area contributed by atoms with Crippen LogP contribution in [0.25, 0.3) is 0 Å². The van der Waals surface area contributed by atoms with Gasteiger partial charge in [0.15, 0.2) is 0 Å². The van der Waals surface area contributed by atoms with Crippen molar-refractivity contribution in [1.29, 1.82) is 0 Å². The van der Waals surface area contributed by atoms with Crippen molar-refractivity contribution >= 4 is 9.84 Å². The lowest BCUT2D eigenvalue weighted by molar-refractivity contribution is -0.0981. The SMILES string of the molecule is CC1(C)CCCCC1(O)CCS(C)(=O)=O. The summed E-state index contributed by atoms with van der Waals surface area (Å²) in [6.07, 6.45) is 5.45. The topological polar surface area (TPSA) is 54.4 Å². The van der Waals surface area contributed by atoms with E-state index in [-0.39, 0.29) is 11.2 Å². The summed E-state index contributed by atoms with van der Waals surface area (Å²) in [5.74, 6) is 0.0902. The molecule has 1 aliphatic carbocycles. The Labute approximate surface area is 92.8 Å². The van der Waals surface area contributed by atoms with E-state index in [0.29, 0.717) is 6.42 Å². The third-order valence-electron chi connectivity index (χ3n) is 3.79. The highest BCUT2D eigenvalue weighted by atomic mass is 32.2. The van der Waals surface area contributed by atoms with E-state index in [1.807, 2.05) is 13.8 Å². The molecular weight excluding hydrogens is 212 g/mol. The minimum Gasteiger partial charge on any atom is -0.389 e. The maximum absolute atomic E-state index is 11.1. The predicted molar refractivity (Wildman–Crippen MR) is 61.5 cm³/mol. The number of hydrogen-bond donors (Lipinski definition) is 1. The Balaban J connectivity index is 2.71. The van der Waals surface area contributed by atoms with Gasteiger partial charge in [-0.1, -0.05) is 26.7 Å². The third kappa shape index (κ3) is 3.18. The van der Waals surface area contributed by atoms with Gasteiger partial charge in [0.2, 0.25) is 0 Å². The maximum Gasteiger partial charge on any atom is 0.147 e. The summed E-state index contributed by atoms with van der Waals surface area (Å²) in [7, 11) is -2.97. The van der Waals surface area contributed by atoms with Gasteiger partial charge in [0, 0.05) is 6.26 Å². The van der Waals surface area contributed by atoms with Crippen molar-refractivity contribution in [3.05, 3.63) is 0 Å². The van der Waals surface area contributed by atoms with Gasteiger partial charge >= 0.3 is 0 Å². The van der Waals surface area contributed by atoms with Crippen molar-refractivity contribution in [1.82, 2.24) is 0 Å². The van der Waals surface area contributed by atoms with Crippen LogP contribution in [-0.4, -0.2) is 31.1 Å². The molecule has 1 unspecified atom stereocenters. The van der Waals surface area contributed by atoms with Crippen molar-refractivity contribution in [3.63, 3.8) is 0 Å². The zero-order valence-corrected chi connectivity index (χ0v) is 10.7. The smallest absolute Gasteiger partial charge is 0.147 e. The molecule has 0 aromatic rings. The van der Waals surface area contributed by atoms with Crippen LogP contribution < -0.4 is 0 Å². The summed E-state index contributed by atoms with van der Waals surface area (Å²) < 4.78 is 22.2. The van der Waals surface area contributed by atoms with E-state index in [9.17, 15) is 13.5 Å². The van der Waals surface area contributed by atoms with Gasteiger partial charge < -0.3 is 5.11 Å². The van der Waals surface area contributed by atoms with Crippen LogP contribution in [0.3, 0.4) is 0 Å². The van der Waals surface area contributed by atoms with Crippen LogP contribution in [0, 0.1) is 5.41 Å². The molecule has 0 amide bonds. The standard InChI is InChI=1S/C11H22O3S/c1-10(2)6-4-5-7-11(10,12)8-9-15(3,13)14/h12H,4-9H2,1-3H3. The summed E-state index contributed by atoms with van der Waals surface area (Å²) in [4.78, 5) is 0. The Morgan fingerprint density at radius 2 is 1.73 bits per heavy atom. The molecule has 0 bridgehead atoms. The van der Waals surface area contributed by atoms with Crippen molar-refractivity contribution < 1.29 is 13.5 Å². The first-order valence-corrected chi connectivity index (χ1v) is 7.63. The molecule has 0 saturated heterocycles. The molecule has 1 aliphatic rings. The number of hydrogen-bond acceptors (Lipinski definition) is 3. The van der Waals surface area contributed by atoms with Gasteiger partial charge in [-0.15, -0.1) is 0 Å². The highest BCUT2D eigenvalue weighted by Crippen LogP contribution is 2.45. The zero-order valence-electron chi connectivity index (χ0n) is 9.91. The second-order valence-corrected chi connectivity index (χ2v) is 7.76.